The Balaban J connectivity index is 0.000000174. The number of aromatic nitrogens is 10. The van der Waals surface area contributed by atoms with Gasteiger partial charge >= 0.3 is 5.69 Å². The van der Waals surface area contributed by atoms with Gasteiger partial charge in [-0.3, -0.25) is 18.8 Å². The number of hydrogen-bond acceptors (Lipinski definition) is 13. The first-order valence-corrected chi connectivity index (χ1v) is 20.0. The molecular weight excluding hydrogens is 805 g/mol. The molecule has 1 saturated heterocycles. The predicted octanol–water partition coefficient (Wildman–Crippen LogP) is 4.54. The predicted molar refractivity (Wildman–Crippen MR) is 230 cm³/mol. The molecule has 0 unspecified atom stereocenters. The minimum atomic E-state index is -0.568. The monoisotopic (exact) mass is 849 g/mol. The third kappa shape index (κ3) is 7.75. The van der Waals surface area contributed by atoms with Gasteiger partial charge in [-0.15, -0.1) is 5.10 Å². The van der Waals surface area contributed by atoms with Crippen molar-refractivity contribution in [3.05, 3.63) is 105 Å². The van der Waals surface area contributed by atoms with Crippen LogP contribution >= 0.6 is 0 Å². The minimum Gasteiger partial charge on any atom is -0.493 e. The molecule has 322 valence electrons. The lowest BCUT2D eigenvalue weighted by Gasteiger charge is -2.36. The first-order chi connectivity index (χ1) is 30.0. The Bertz CT molecular complexity index is 3050. The van der Waals surface area contributed by atoms with Gasteiger partial charge in [-0.25, -0.2) is 28.2 Å². The molecule has 0 amide bonds. The molecule has 0 saturated carbocycles. The fourth-order valence-corrected chi connectivity index (χ4v) is 7.54. The fourth-order valence-electron chi connectivity index (χ4n) is 7.54. The maximum Gasteiger partial charge on any atom is 0.332 e. The SMILES string of the molecule is CCn1c(=O)c2c(nc(/C=C/c3ccc(OC)c(OC)c3)n2C)n(CC)c1=O.Nc1nc2c(cnn2CCN2CCN(c3ccc(F)cc3F)CC2)c2nc(-c3ccco3)nn12. The summed E-state index contributed by atoms with van der Waals surface area (Å²) in [6.45, 7) is 8.57. The Morgan fingerprint density at radius 1 is 0.855 bits per heavy atom. The molecule has 62 heavy (non-hydrogen) atoms. The first-order valence-electron chi connectivity index (χ1n) is 20.0. The number of nitrogen functional groups attached to an aromatic ring is 1. The van der Waals surface area contributed by atoms with Gasteiger partial charge in [0.2, 0.25) is 11.8 Å². The molecule has 1 aliphatic heterocycles. The van der Waals surface area contributed by atoms with Crippen LogP contribution in [0.25, 0.3) is 51.6 Å². The number of nitrogens with two attached hydrogens (primary N) is 1. The smallest absolute Gasteiger partial charge is 0.332 e. The van der Waals surface area contributed by atoms with E-state index in [1.807, 2.05) is 36.1 Å². The Morgan fingerprint density at radius 3 is 2.32 bits per heavy atom. The van der Waals surface area contributed by atoms with Crippen LogP contribution in [0.5, 0.6) is 11.5 Å². The Kier molecular flexibility index (Phi) is 11.6. The van der Waals surface area contributed by atoms with Crippen LogP contribution < -0.4 is 31.4 Å². The zero-order chi connectivity index (χ0) is 43.7. The lowest BCUT2D eigenvalue weighted by Crippen LogP contribution is -2.47. The first kappa shape index (κ1) is 41.4. The third-order valence-electron chi connectivity index (χ3n) is 10.8. The second-order valence-electron chi connectivity index (χ2n) is 14.4. The van der Waals surface area contributed by atoms with Crippen LogP contribution in [0.3, 0.4) is 0 Å². The summed E-state index contributed by atoms with van der Waals surface area (Å²) in [5.41, 5.74) is 8.83. The highest BCUT2D eigenvalue weighted by Gasteiger charge is 2.22. The maximum absolute atomic E-state index is 14.1. The molecule has 0 radical (unpaired) electrons. The molecule has 2 N–H and O–H groups in total. The zero-order valence-corrected chi connectivity index (χ0v) is 34.8. The summed E-state index contributed by atoms with van der Waals surface area (Å²) in [4.78, 5) is 43.1. The van der Waals surface area contributed by atoms with Gasteiger partial charge in [-0.2, -0.15) is 14.6 Å². The number of imidazole rings is 1. The molecule has 1 fully saturated rings. The van der Waals surface area contributed by atoms with Crippen LogP contribution in [0.15, 0.2) is 75.0 Å². The van der Waals surface area contributed by atoms with E-state index in [1.54, 1.807) is 68.1 Å². The Hall–Kier alpha value is -7.35. The van der Waals surface area contributed by atoms with Gasteiger partial charge in [0.05, 0.1) is 44.3 Å². The van der Waals surface area contributed by atoms with Crippen molar-refractivity contribution < 1.29 is 22.7 Å². The van der Waals surface area contributed by atoms with Crippen LogP contribution in [0.4, 0.5) is 20.4 Å². The van der Waals surface area contributed by atoms with Gasteiger partial charge < -0.3 is 29.1 Å². The molecule has 1 aliphatic rings. The van der Waals surface area contributed by atoms with Crippen LogP contribution in [0.2, 0.25) is 0 Å². The molecule has 0 aliphatic carbocycles. The second kappa shape index (κ2) is 17.3. The van der Waals surface area contributed by atoms with Gasteiger partial charge in [-0.1, -0.05) is 12.1 Å². The molecule has 18 nitrogen and oxygen atoms in total. The van der Waals surface area contributed by atoms with E-state index in [0.717, 1.165) is 36.7 Å². The van der Waals surface area contributed by atoms with Crippen molar-refractivity contribution in [1.82, 2.24) is 52.9 Å². The summed E-state index contributed by atoms with van der Waals surface area (Å²) in [7, 11) is 4.94. The maximum atomic E-state index is 14.1. The van der Waals surface area contributed by atoms with E-state index in [2.05, 4.69) is 30.0 Å². The van der Waals surface area contributed by atoms with E-state index >= 15 is 0 Å². The van der Waals surface area contributed by atoms with Gasteiger partial charge in [0.1, 0.15) is 17.5 Å². The highest BCUT2D eigenvalue weighted by atomic mass is 19.1. The van der Waals surface area contributed by atoms with Gasteiger partial charge in [0, 0.05) is 58.9 Å². The number of anilines is 2. The van der Waals surface area contributed by atoms with Crippen molar-refractivity contribution in [3.8, 4) is 23.1 Å². The summed E-state index contributed by atoms with van der Waals surface area (Å²) in [6, 6.07) is 12.8. The highest BCUT2D eigenvalue weighted by molar-refractivity contribution is 5.90. The third-order valence-corrected chi connectivity index (χ3v) is 10.8. The van der Waals surface area contributed by atoms with Gasteiger partial charge in [-0.05, 0) is 61.9 Å². The minimum absolute atomic E-state index is 0.212. The summed E-state index contributed by atoms with van der Waals surface area (Å²) < 4.78 is 51.0. The number of fused-ring (bicyclic) bond motifs is 4. The number of hydrogen-bond donors (Lipinski definition) is 1. The van der Waals surface area contributed by atoms with E-state index in [0.29, 0.717) is 89.8 Å². The van der Waals surface area contributed by atoms with Crippen LogP contribution in [-0.4, -0.2) is 99.9 Å². The average molecular weight is 850 g/mol. The molecule has 2 aromatic carbocycles. The van der Waals surface area contributed by atoms with E-state index in [-0.39, 0.29) is 17.2 Å². The molecule has 0 atom stereocenters. The molecule has 0 spiro atoms. The van der Waals surface area contributed by atoms with Crippen molar-refractivity contribution in [2.75, 3.05) is 57.6 Å². The molecule has 20 heteroatoms. The average Bonchev–Trinajstić information content (AvgIpc) is 4.10. The number of methoxy groups -OCH3 is 2. The van der Waals surface area contributed by atoms with E-state index in [1.165, 1.54) is 25.8 Å². The largest absolute Gasteiger partial charge is 0.493 e. The van der Waals surface area contributed by atoms with Gasteiger partial charge in [0.25, 0.3) is 5.56 Å². The quantitative estimate of drug-likeness (QED) is 0.191. The second-order valence-corrected chi connectivity index (χ2v) is 14.4. The van der Waals surface area contributed by atoms with Crippen molar-refractivity contribution in [2.45, 2.75) is 33.5 Å². The summed E-state index contributed by atoms with van der Waals surface area (Å²) in [5, 5.41) is 9.65. The van der Waals surface area contributed by atoms with Crippen molar-refractivity contribution in [3.63, 3.8) is 0 Å². The van der Waals surface area contributed by atoms with Crippen LogP contribution in [0, 0.1) is 11.6 Å². The zero-order valence-electron chi connectivity index (χ0n) is 34.8. The molecule has 0 bridgehead atoms. The van der Waals surface area contributed by atoms with E-state index < -0.39 is 11.6 Å². The molecule has 9 rings (SSSR count). The summed E-state index contributed by atoms with van der Waals surface area (Å²) in [6.07, 6.45) is 6.95. The standard InChI is InChI=1S/C22H21F2N9O.C20H24N4O4/c23-14-3-4-17(16(24)12-14)31-8-5-30(6-9-31)7-10-32-20-15(13-26-32)21-27-19(18-2-1-11-34-18)29-33(21)22(25)28-20;1-6-23-18-17(19(25)24(7-2)20(23)26)22(3)16(21-18)11-9-13-8-10-14(27-4)15(12-13)28-5/h1-4,11-13H,5-10H2,(H2,25,28);8-12H,6-7H2,1-5H3/b;11-9+. The molecule has 6 aromatic heterocycles. The van der Waals surface area contributed by atoms with E-state index in [9.17, 15) is 18.4 Å². The summed E-state index contributed by atoms with van der Waals surface area (Å²) >= 11 is 0. The number of aryl methyl sites for hydroxylation is 2. The van der Waals surface area contributed by atoms with Crippen LogP contribution in [-0.2, 0) is 26.7 Å². The Morgan fingerprint density at radius 2 is 1.63 bits per heavy atom. The number of ether oxygens (including phenoxy) is 2. The molecular formula is C42H45F2N13O5. The topological polar surface area (TPSA) is 187 Å². The number of benzene rings is 2. The Labute approximate surface area is 352 Å². The number of halogens is 2. The summed E-state index contributed by atoms with van der Waals surface area (Å²) in [5.74, 6) is 1.94. The van der Waals surface area contributed by atoms with Crippen LogP contribution in [0.1, 0.15) is 25.2 Å². The van der Waals surface area contributed by atoms with E-state index in [4.69, 9.17) is 19.6 Å². The number of nitrogens with zero attached hydrogens (tertiary/aromatic N) is 12. The fraction of sp³-hybridized carbons (Fsp3) is 0.310. The number of furan rings is 1. The van der Waals surface area contributed by atoms with Crippen molar-refractivity contribution in [1.29, 1.82) is 0 Å². The lowest BCUT2D eigenvalue weighted by atomic mass is 10.2. The van der Waals surface area contributed by atoms with Crippen molar-refractivity contribution >= 4 is 51.6 Å². The number of rotatable bonds is 11. The highest BCUT2D eigenvalue weighted by Crippen LogP contribution is 2.29. The molecule has 8 aromatic rings. The lowest BCUT2D eigenvalue weighted by molar-refractivity contribution is 0.245. The normalized spacial score (nSPS) is 13.4. The molecule has 7 heterocycles. The number of piperazine rings is 1. The van der Waals surface area contributed by atoms with Gasteiger partial charge in [0.15, 0.2) is 39.7 Å². The van der Waals surface area contributed by atoms with Crippen molar-refractivity contribution in [2.24, 2.45) is 7.05 Å².